The SMILES string of the molecule is CC(C)C(C)(CC(=O)O)NC(=O)Cn1nnc(-c2ccccc2)n1. The third kappa shape index (κ3) is 4.37. The predicted molar refractivity (Wildman–Crippen MR) is 86.9 cm³/mol. The molecule has 1 amide bonds. The summed E-state index contributed by atoms with van der Waals surface area (Å²) in [7, 11) is 0. The summed E-state index contributed by atoms with van der Waals surface area (Å²) in [5.74, 6) is -0.928. The molecule has 1 aromatic heterocycles. The van der Waals surface area contributed by atoms with Gasteiger partial charge in [0.15, 0.2) is 0 Å². The number of tetrazole rings is 1. The van der Waals surface area contributed by atoms with Gasteiger partial charge >= 0.3 is 5.97 Å². The third-order valence-electron chi connectivity index (χ3n) is 3.99. The van der Waals surface area contributed by atoms with Crippen LogP contribution in [0, 0.1) is 5.92 Å². The number of carbonyl (C=O) groups excluding carboxylic acids is 1. The molecule has 0 aliphatic heterocycles. The second kappa shape index (κ2) is 7.20. The van der Waals surface area contributed by atoms with E-state index in [2.05, 4.69) is 20.7 Å². The van der Waals surface area contributed by atoms with Crippen LogP contribution in [0.2, 0.25) is 0 Å². The Morgan fingerprint density at radius 3 is 2.54 bits per heavy atom. The maximum atomic E-state index is 12.2. The number of carbonyl (C=O) groups is 2. The molecule has 2 N–H and O–H groups in total. The quantitative estimate of drug-likeness (QED) is 0.792. The summed E-state index contributed by atoms with van der Waals surface area (Å²) in [6, 6.07) is 9.32. The number of hydrogen-bond acceptors (Lipinski definition) is 5. The molecule has 2 rings (SSSR count). The number of benzene rings is 1. The Morgan fingerprint density at radius 1 is 1.29 bits per heavy atom. The van der Waals surface area contributed by atoms with Crippen molar-refractivity contribution >= 4 is 11.9 Å². The van der Waals surface area contributed by atoms with Gasteiger partial charge in [-0.1, -0.05) is 44.2 Å². The molecule has 0 bridgehead atoms. The van der Waals surface area contributed by atoms with Gasteiger partial charge in [-0.2, -0.15) is 4.80 Å². The smallest absolute Gasteiger partial charge is 0.305 e. The number of carboxylic acid groups (broad SMARTS) is 1. The van der Waals surface area contributed by atoms with Gasteiger partial charge in [0.05, 0.1) is 12.0 Å². The Bertz CT molecular complexity index is 714. The van der Waals surface area contributed by atoms with Crippen molar-refractivity contribution in [3.63, 3.8) is 0 Å². The molecule has 0 spiro atoms. The maximum absolute atomic E-state index is 12.2. The fourth-order valence-corrected chi connectivity index (χ4v) is 2.21. The fraction of sp³-hybridized carbons (Fsp3) is 0.438. The van der Waals surface area contributed by atoms with E-state index in [1.807, 2.05) is 44.2 Å². The van der Waals surface area contributed by atoms with Crippen LogP contribution in [-0.2, 0) is 16.1 Å². The summed E-state index contributed by atoms with van der Waals surface area (Å²) >= 11 is 0. The van der Waals surface area contributed by atoms with Gasteiger partial charge in [0, 0.05) is 5.56 Å². The van der Waals surface area contributed by atoms with Gasteiger partial charge < -0.3 is 10.4 Å². The largest absolute Gasteiger partial charge is 0.481 e. The van der Waals surface area contributed by atoms with Crippen molar-refractivity contribution in [1.29, 1.82) is 0 Å². The second-order valence-electron chi connectivity index (χ2n) is 6.20. The summed E-state index contributed by atoms with van der Waals surface area (Å²) in [6.45, 7) is 5.32. The van der Waals surface area contributed by atoms with Crippen molar-refractivity contribution in [2.24, 2.45) is 5.92 Å². The Balaban J connectivity index is 2.04. The number of amides is 1. The first kappa shape index (κ1) is 17.6. The molecule has 8 nitrogen and oxygen atoms in total. The highest BCUT2D eigenvalue weighted by molar-refractivity contribution is 5.78. The monoisotopic (exact) mass is 331 g/mol. The minimum absolute atomic E-state index is 0.0406. The van der Waals surface area contributed by atoms with Crippen LogP contribution in [0.15, 0.2) is 30.3 Å². The molecule has 1 heterocycles. The lowest BCUT2D eigenvalue weighted by Gasteiger charge is -2.33. The molecule has 128 valence electrons. The van der Waals surface area contributed by atoms with Crippen molar-refractivity contribution in [3.8, 4) is 11.4 Å². The van der Waals surface area contributed by atoms with Crippen molar-refractivity contribution in [3.05, 3.63) is 30.3 Å². The molecule has 0 aliphatic rings. The van der Waals surface area contributed by atoms with Crippen LogP contribution in [0.1, 0.15) is 27.2 Å². The highest BCUT2D eigenvalue weighted by atomic mass is 16.4. The van der Waals surface area contributed by atoms with Gasteiger partial charge in [-0.05, 0) is 18.1 Å². The Morgan fingerprint density at radius 2 is 1.96 bits per heavy atom. The molecule has 1 atom stereocenters. The summed E-state index contributed by atoms with van der Waals surface area (Å²) in [6.07, 6.45) is -0.156. The van der Waals surface area contributed by atoms with Gasteiger partial charge in [0.1, 0.15) is 6.54 Å². The Kier molecular flexibility index (Phi) is 5.28. The number of nitrogens with one attached hydrogen (secondary N) is 1. The minimum atomic E-state index is -0.961. The van der Waals surface area contributed by atoms with Crippen molar-refractivity contribution in [1.82, 2.24) is 25.5 Å². The summed E-state index contributed by atoms with van der Waals surface area (Å²) < 4.78 is 0. The van der Waals surface area contributed by atoms with Gasteiger partial charge in [-0.3, -0.25) is 9.59 Å². The zero-order valence-electron chi connectivity index (χ0n) is 13.9. The molecule has 8 heteroatoms. The van der Waals surface area contributed by atoms with Crippen LogP contribution in [0.25, 0.3) is 11.4 Å². The molecule has 1 aromatic carbocycles. The molecule has 24 heavy (non-hydrogen) atoms. The number of hydrogen-bond donors (Lipinski definition) is 2. The minimum Gasteiger partial charge on any atom is -0.481 e. The highest BCUT2D eigenvalue weighted by Gasteiger charge is 2.33. The number of nitrogens with zero attached hydrogens (tertiary/aromatic N) is 4. The van der Waals surface area contributed by atoms with Gasteiger partial charge in [-0.15, -0.1) is 10.2 Å². The number of carboxylic acids is 1. The van der Waals surface area contributed by atoms with Crippen LogP contribution >= 0.6 is 0 Å². The topological polar surface area (TPSA) is 110 Å². The van der Waals surface area contributed by atoms with Gasteiger partial charge in [0.25, 0.3) is 0 Å². The zero-order chi connectivity index (χ0) is 17.7. The molecular weight excluding hydrogens is 310 g/mol. The van der Waals surface area contributed by atoms with Crippen LogP contribution in [0.4, 0.5) is 0 Å². The van der Waals surface area contributed by atoms with E-state index < -0.39 is 11.5 Å². The van der Waals surface area contributed by atoms with Crippen molar-refractivity contribution < 1.29 is 14.7 Å². The molecule has 0 radical (unpaired) electrons. The summed E-state index contributed by atoms with van der Waals surface area (Å²) in [5, 5.41) is 23.8. The van der Waals surface area contributed by atoms with Crippen LogP contribution in [-0.4, -0.2) is 42.7 Å². The number of rotatable bonds is 7. The lowest BCUT2D eigenvalue weighted by molar-refractivity contribution is -0.139. The number of aromatic nitrogens is 4. The van der Waals surface area contributed by atoms with E-state index in [9.17, 15) is 9.59 Å². The van der Waals surface area contributed by atoms with Crippen LogP contribution in [0.3, 0.4) is 0 Å². The van der Waals surface area contributed by atoms with Gasteiger partial charge in [0.2, 0.25) is 11.7 Å². The van der Waals surface area contributed by atoms with Crippen LogP contribution in [0.5, 0.6) is 0 Å². The third-order valence-corrected chi connectivity index (χ3v) is 3.99. The molecule has 0 saturated heterocycles. The molecule has 0 aliphatic carbocycles. The molecule has 0 saturated carbocycles. The van der Waals surface area contributed by atoms with Gasteiger partial charge in [-0.25, -0.2) is 0 Å². The first-order valence-corrected chi connectivity index (χ1v) is 7.66. The summed E-state index contributed by atoms with van der Waals surface area (Å²) in [4.78, 5) is 24.4. The average molecular weight is 331 g/mol. The zero-order valence-corrected chi connectivity index (χ0v) is 13.9. The van der Waals surface area contributed by atoms with Crippen molar-refractivity contribution in [2.45, 2.75) is 39.3 Å². The van der Waals surface area contributed by atoms with E-state index in [-0.39, 0.29) is 24.8 Å². The predicted octanol–water partition coefficient (Wildman–Crippen LogP) is 1.35. The Labute approximate surface area is 139 Å². The average Bonchev–Trinajstić information content (AvgIpc) is 2.95. The summed E-state index contributed by atoms with van der Waals surface area (Å²) in [5.41, 5.74) is -0.0341. The first-order valence-electron chi connectivity index (χ1n) is 7.66. The standard InChI is InChI=1S/C16H21N5O3/c1-11(2)16(3,9-14(23)24)17-13(22)10-21-19-15(18-20-21)12-7-5-4-6-8-12/h4-8,11H,9-10H2,1-3H3,(H,17,22)(H,23,24). The molecule has 0 fully saturated rings. The lowest BCUT2D eigenvalue weighted by atomic mass is 9.85. The van der Waals surface area contributed by atoms with E-state index >= 15 is 0 Å². The normalized spacial score (nSPS) is 13.5. The van der Waals surface area contributed by atoms with E-state index in [1.165, 1.54) is 4.80 Å². The molecule has 2 aromatic rings. The molecule has 1 unspecified atom stereocenters. The van der Waals surface area contributed by atoms with E-state index in [0.29, 0.717) is 5.82 Å². The molecular formula is C16H21N5O3. The van der Waals surface area contributed by atoms with E-state index in [0.717, 1.165) is 5.56 Å². The van der Waals surface area contributed by atoms with Crippen LogP contribution < -0.4 is 5.32 Å². The first-order chi connectivity index (χ1) is 11.3. The van der Waals surface area contributed by atoms with Crippen molar-refractivity contribution in [2.75, 3.05) is 0 Å². The van der Waals surface area contributed by atoms with E-state index in [1.54, 1.807) is 6.92 Å². The lowest BCUT2D eigenvalue weighted by Crippen LogP contribution is -2.52. The van der Waals surface area contributed by atoms with E-state index in [4.69, 9.17) is 5.11 Å². The fourth-order valence-electron chi connectivity index (χ4n) is 2.21. The number of aliphatic carboxylic acids is 1. The Hall–Kier alpha value is -2.77. The maximum Gasteiger partial charge on any atom is 0.305 e. The highest BCUT2D eigenvalue weighted by Crippen LogP contribution is 2.20. The second-order valence-corrected chi connectivity index (χ2v) is 6.20.